The summed E-state index contributed by atoms with van der Waals surface area (Å²) in [7, 11) is 3.80. The second kappa shape index (κ2) is 6.35. The van der Waals surface area contributed by atoms with Gasteiger partial charge in [0.15, 0.2) is 0 Å². The van der Waals surface area contributed by atoms with Gasteiger partial charge in [0, 0.05) is 20.2 Å². The first kappa shape index (κ1) is 11.0. The maximum absolute atomic E-state index is 5.07. The molecule has 3 nitrogen and oxygen atoms in total. The summed E-state index contributed by atoms with van der Waals surface area (Å²) in [5, 5.41) is 3.21. The highest BCUT2D eigenvalue weighted by atomic mass is 16.5. The highest BCUT2D eigenvalue weighted by molar-refractivity contribution is 4.75. The lowest BCUT2D eigenvalue weighted by Gasteiger charge is -2.14. The molecule has 0 saturated carbocycles. The van der Waals surface area contributed by atoms with E-state index in [0.717, 1.165) is 25.6 Å². The maximum Gasteiger partial charge on any atom is 0.0589 e. The molecule has 0 aromatic heterocycles. The van der Waals surface area contributed by atoms with Crippen LogP contribution in [0.25, 0.3) is 0 Å². The summed E-state index contributed by atoms with van der Waals surface area (Å²) in [6.45, 7) is 5.66. The minimum atomic E-state index is 0.874. The van der Waals surface area contributed by atoms with E-state index in [1.165, 1.54) is 25.9 Å². The van der Waals surface area contributed by atoms with E-state index in [-0.39, 0.29) is 0 Å². The summed E-state index contributed by atoms with van der Waals surface area (Å²) >= 11 is 0. The van der Waals surface area contributed by atoms with Crippen LogP contribution in [0.3, 0.4) is 0 Å². The Kier molecular flexibility index (Phi) is 5.35. The van der Waals surface area contributed by atoms with Crippen LogP contribution in [0.4, 0.5) is 0 Å². The van der Waals surface area contributed by atoms with E-state index >= 15 is 0 Å². The van der Waals surface area contributed by atoms with Gasteiger partial charge < -0.3 is 15.0 Å². The molecule has 1 rings (SSSR count). The number of rotatable bonds is 6. The molecule has 1 heterocycles. The van der Waals surface area contributed by atoms with Gasteiger partial charge in [0.05, 0.1) is 6.61 Å². The van der Waals surface area contributed by atoms with Gasteiger partial charge in [0.1, 0.15) is 0 Å². The van der Waals surface area contributed by atoms with Crippen molar-refractivity contribution in [3.8, 4) is 0 Å². The van der Waals surface area contributed by atoms with Gasteiger partial charge in [-0.1, -0.05) is 0 Å². The third-order valence-corrected chi connectivity index (χ3v) is 2.78. The minimum Gasteiger partial charge on any atom is -0.383 e. The van der Waals surface area contributed by atoms with Crippen molar-refractivity contribution in [3.63, 3.8) is 0 Å². The molecule has 78 valence electrons. The Bertz CT molecular complexity index is 116. The molecular formula is C10H22N2O. The lowest BCUT2D eigenvalue weighted by Crippen LogP contribution is -2.25. The standard InChI is InChI=1S/C10H22N2O/c1-11-5-3-10-4-6-12(9-10)7-8-13-2/h10-11H,3-9H2,1-2H3. The molecule has 1 aliphatic heterocycles. The summed E-state index contributed by atoms with van der Waals surface area (Å²) < 4.78 is 5.07. The molecule has 0 aliphatic carbocycles. The Morgan fingerprint density at radius 2 is 2.38 bits per heavy atom. The Labute approximate surface area is 81.4 Å². The minimum absolute atomic E-state index is 0.874. The van der Waals surface area contributed by atoms with Crippen LogP contribution in [0.5, 0.6) is 0 Å². The van der Waals surface area contributed by atoms with Crippen molar-refractivity contribution in [1.82, 2.24) is 10.2 Å². The van der Waals surface area contributed by atoms with Crippen LogP contribution in [0.2, 0.25) is 0 Å². The predicted octanol–water partition coefficient (Wildman–Crippen LogP) is 0.564. The van der Waals surface area contributed by atoms with Gasteiger partial charge in [-0.25, -0.2) is 0 Å². The van der Waals surface area contributed by atoms with Gasteiger partial charge in [0.25, 0.3) is 0 Å². The van der Waals surface area contributed by atoms with Crippen molar-refractivity contribution in [1.29, 1.82) is 0 Å². The molecule has 1 aliphatic rings. The Balaban J connectivity index is 2.05. The van der Waals surface area contributed by atoms with Crippen LogP contribution in [0.1, 0.15) is 12.8 Å². The monoisotopic (exact) mass is 186 g/mol. The zero-order valence-corrected chi connectivity index (χ0v) is 8.88. The van der Waals surface area contributed by atoms with Crippen LogP contribution in [-0.4, -0.2) is 51.8 Å². The van der Waals surface area contributed by atoms with Crippen molar-refractivity contribution < 1.29 is 4.74 Å². The summed E-state index contributed by atoms with van der Waals surface area (Å²) in [4.78, 5) is 2.50. The quantitative estimate of drug-likeness (QED) is 0.656. The van der Waals surface area contributed by atoms with Gasteiger partial charge in [-0.15, -0.1) is 0 Å². The van der Waals surface area contributed by atoms with E-state index in [1.54, 1.807) is 7.11 Å². The average Bonchev–Trinajstić information content (AvgIpc) is 2.59. The highest BCUT2D eigenvalue weighted by Crippen LogP contribution is 2.18. The van der Waals surface area contributed by atoms with Crippen molar-refractivity contribution in [3.05, 3.63) is 0 Å². The fourth-order valence-corrected chi connectivity index (χ4v) is 1.92. The Morgan fingerprint density at radius 1 is 1.54 bits per heavy atom. The molecule has 0 aromatic rings. The van der Waals surface area contributed by atoms with E-state index in [1.807, 2.05) is 7.05 Å². The third-order valence-electron chi connectivity index (χ3n) is 2.78. The molecular weight excluding hydrogens is 164 g/mol. The highest BCUT2D eigenvalue weighted by Gasteiger charge is 2.20. The molecule has 0 bridgehead atoms. The summed E-state index contributed by atoms with van der Waals surface area (Å²) in [5.74, 6) is 0.907. The first-order valence-corrected chi connectivity index (χ1v) is 5.22. The second-order valence-electron chi connectivity index (χ2n) is 3.84. The van der Waals surface area contributed by atoms with Crippen LogP contribution in [-0.2, 0) is 4.74 Å². The normalized spacial score (nSPS) is 24.0. The molecule has 1 atom stereocenters. The smallest absolute Gasteiger partial charge is 0.0589 e. The fourth-order valence-electron chi connectivity index (χ4n) is 1.92. The van der Waals surface area contributed by atoms with Crippen LogP contribution in [0.15, 0.2) is 0 Å². The topological polar surface area (TPSA) is 24.5 Å². The summed E-state index contributed by atoms with van der Waals surface area (Å²) in [6, 6.07) is 0. The van der Waals surface area contributed by atoms with E-state index in [2.05, 4.69) is 10.2 Å². The Hall–Kier alpha value is -0.120. The van der Waals surface area contributed by atoms with Gasteiger partial charge in [0.2, 0.25) is 0 Å². The van der Waals surface area contributed by atoms with Gasteiger partial charge >= 0.3 is 0 Å². The number of likely N-dealkylation sites (tertiary alicyclic amines) is 1. The van der Waals surface area contributed by atoms with Gasteiger partial charge in [-0.2, -0.15) is 0 Å². The molecule has 3 heteroatoms. The maximum atomic E-state index is 5.07. The van der Waals surface area contributed by atoms with Crippen LogP contribution < -0.4 is 5.32 Å². The van der Waals surface area contributed by atoms with Crippen molar-refractivity contribution in [2.24, 2.45) is 5.92 Å². The van der Waals surface area contributed by atoms with Gasteiger partial charge in [-0.3, -0.25) is 0 Å². The van der Waals surface area contributed by atoms with E-state index in [9.17, 15) is 0 Å². The molecule has 0 amide bonds. The number of nitrogens with one attached hydrogen (secondary N) is 1. The zero-order chi connectivity index (χ0) is 9.52. The average molecular weight is 186 g/mol. The first-order valence-electron chi connectivity index (χ1n) is 5.22. The van der Waals surface area contributed by atoms with E-state index in [0.29, 0.717) is 0 Å². The Morgan fingerprint density at radius 3 is 3.08 bits per heavy atom. The number of ether oxygens (including phenoxy) is 1. The fraction of sp³-hybridized carbons (Fsp3) is 1.00. The molecule has 1 fully saturated rings. The van der Waals surface area contributed by atoms with Crippen molar-refractivity contribution in [2.75, 3.05) is 46.9 Å². The molecule has 1 saturated heterocycles. The molecule has 1 N–H and O–H groups in total. The zero-order valence-electron chi connectivity index (χ0n) is 8.88. The van der Waals surface area contributed by atoms with E-state index in [4.69, 9.17) is 4.74 Å². The number of nitrogens with zero attached hydrogens (tertiary/aromatic N) is 1. The SMILES string of the molecule is CNCCC1CCN(CCOC)C1. The number of hydrogen-bond acceptors (Lipinski definition) is 3. The van der Waals surface area contributed by atoms with Crippen LogP contribution in [0, 0.1) is 5.92 Å². The second-order valence-corrected chi connectivity index (χ2v) is 3.84. The van der Waals surface area contributed by atoms with Gasteiger partial charge in [-0.05, 0) is 38.9 Å². The third kappa shape index (κ3) is 4.07. The lowest BCUT2D eigenvalue weighted by atomic mass is 10.1. The molecule has 0 radical (unpaired) electrons. The largest absolute Gasteiger partial charge is 0.383 e. The first-order chi connectivity index (χ1) is 6.36. The van der Waals surface area contributed by atoms with Crippen molar-refractivity contribution >= 4 is 0 Å². The molecule has 13 heavy (non-hydrogen) atoms. The molecule has 0 aromatic carbocycles. The number of hydrogen-bond donors (Lipinski definition) is 1. The molecule has 1 unspecified atom stereocenters. The predicted molar refractivity (Wildman–Crippen MR) is 55.0 cm³/mol. The van der Waals surface area contributed by atoms with Crippen LogP contribution >= 0.6 is 0 Å². The summed E-state index contributed by atoms with van der Waals surface area (Å²) in [5.41, 5.74) is 0. The lowest BCUT2D eigenvalue weighted by molar-refractivity contribution is 0.158. The van der Waals surface area contributed by atoms with Crippen molar-refractivity contribution in [2.45, 2.75) is 12.8 Å². The van der Waals surface area contributed by atoms with E-state index < -0.39 is 0 Å². The number of methoxy groups -OCH3 is 1. The summed E-state index contributed by atoms with van der Waals surface area (Å²) in [6.07, 6.45) is 2.69. The molecule has 0 spiro atoms.